The van der Waals surface area contributed by atoms with Crippen molar-refractivity contribution < 1.29 is 19.2 Å². The lowest BCUT2D eigenvalue weighted by Crippen LogP contribution is -2.12. The number of anilines is 1. The molecule has 0 saturated heterocycles. The first-order chi connectivity index (χ1) is 8.16. The van der Waals surface area contributed by atoms with Crippen molar-refractivity contribution >= 4 is 17.6 Å². The van der Waals surface area contributed by atoms with Gasteiger partial charge in [0.05, 0.1) is 0 Å². The summed E-state index contributed by atoms with van der Waals surface area (Å²) in [6, 6.07) is 4.24. The van der Waals surface area contributed by atoms with Gasteiger partial charge in [0.2, 0.25) is 5.76 Å². The molecule has 0 unspecified atom stereocenters. The Labute approximate surface area is 95.1 Å². The minimum absolute atomic E-state index is 0.0980. The van der Waals surface area contributed by atoms with Gasteiger partial charge in [-0.15, -0.1) is 0 Å². The SMILES string of the molecule is O=C(Nc1ccncc1)c1cc(C(=O)O)on1. The van der Waals surface area contributed by atoms with Gasteiger partial charge in [-0.25, -0.2) is 4.79 Å². The first-order valence-corrected chi connectivity index (χ1v) is 4.58. The Hall–Kier alpha value is -2.70. The van der Waals surface area contributed by atoms with E-state index in [-0.39, 0.29) is 11.5 Å². The van der Waals surface area contributed by atoms with Crippen molar-refractivity contribution in [2.45, 2.75) is 0 Å². The number of rotatable bonds is 3. The average molecular weight is 233 g/mol. The van der Waals surface area contributed by atoms with Crippen molar-refractivity contribution in [3.63, 3.8) is 0 Å². The largest absolute Gasteiger partial charge is 0.475 e. The molecule has 0 saturated carbocycles. The minimum Gasteiger partial charge on any atom is -0.475 e. The molecule has 0 fully saturated rings. The highest BCUT2D eigenvalue weighted by Gasteiger charge is 2.16. The standard InChI is InChI=1S/C10H7N3O4/c14-9(12-6-1-3-11-4-2-6)7-5-8(10(15)16)17-13-7/h1-5H,(H,15,16)(H,11,12,14). The molecule has 1 amide bonds. The van der Waals surface area contributed by atoms with Crippen molar-refractivity contribution in [2.24, 2.45) is 0 Å². The molecule has 0 aliphatic heterocycles. The lowest BCUT2D eigenvalue weighted by Gasteiger charge is -2.00. The number of amides is 1. The number of carbonyl (C=O) groups excluding carboxylic acids is 1. The fraction of sp³-hybridized carbons (Fsp3) is 0. The van der Waals surface area contributed by atoms with Gasteiger partial charge in [-0.05, 0) is 12.1 Å². The minimum atomic E-state index is -1.28. The lowest BCUT2D eigenvalue weighted by molar-refractivity contribution is 0.0651. The van der Waals surface area contributed by atoms with E-state index in [0.717, 1.165) is 6.07 Å². The Morgan fingerprint density at radius 2 is 2.00 bits per heavy atom. The Balaban J connectivity index is 2.12. The summed E-state index contributed by atoms with van der Waals surface area (Å²) in [5, 5.41) is 14.5. The predicted octanol–water partition coefficient (Wildman–Crippen LogP) is 1.02. The van der Waals surface area contributed by atoms with Gasteiger partial charge in [0, 0.05) is 24.1 Å². The number of carboxylic acids is 1. The van der Waals surface area contributed by atoms with Crippen molar-refractivity contribution in [1.29, 1.82) is 0 Å². The Bertz CT molecular complexity index is 550. The van der Waals surface area contributed by atoms with Gasteiger partial charge < -0.3 is 14.9 Å². The molecule has 7 nitrogen and oxygen atoms in total. The van der Waals surface area contributed by atoms with Crippen LogP contribution in [0.15, 0.2) is 35.1 Å². The molecular weight excluding hydrogens is 226 g/mol. The molecule has 0 aromatic carbocycles. The highest BCUT2D eigenvalue weighted by Crippen LogP contribution is 2.08. The van der Waals surface area contributed by atoms with E-state index in [1.165, 1.54) is 12.4 Å². The molecule has 86 valence electrons. The summed E-state index contributed by atoms with van der Waals surface area (Å²) < 4.78 is 4.46. The molecule has 2 N–H and O–H groups in total. The number of nitrogens with one attached hydrogen (secondary N) is 1. The van der Waals surface area contributed by atoms with Gasteiger partial charge in [-0.3, -0.25) is 9.78 Å². The van der Waals surface area contributed by atoms with Gasteiger partial charge in [-0.2, -0.15) is 0 Å². The molecule has 0 atom stereocenters. The van der Waals surface area contributed by atoms with Gasteiger partial charge in [0.1, 0.15) is 0 Å². The summed E-state index contributed by atoms with van der Waals surface area (Å²) in [4.78, 5) is 25.9. The lowest BCUT2D eigenvalue weighted by atomic mass is 10.3. The summed E-state index contributed by atoms with van der Waals surface area (Å²) >= 11 is 0. The highest BCUT2D eigenvalue weighted by molar-refractivity contribution is 6.03. The first kappa shape index (κ1) is 10.8. The van der Waals surface area contributed by atoms with Crippen LogP contribution in [0.2, 0.25) is 0 Å². The molecule has 2 aromatic heterocycles. The second-order valence-corrected chi connectivity index (χ2v) is 3.07. The topological polar surface area (TPSA) is 105 Å². The average Bonchev–Trinajstić information content (AvgIpc) is 2.79. The first-order valence-electron chi connectivity index (χ1n) is 4.58. The molecule has 0 aliphatic rings. The zero-order valence-corrected chi connectivity index (χ0v) is 8.45. The number of nitrogens with zero attached hydrogens (tertiary/aromatic N) is 2. The van der Waals surface area contributed by atoms with E-state index in [2.05, 4.69) is 20.0 Å². The van der Waals surface area contributed by atoms with E-state index in [9.17, 15) is 9.59 Å². The fourth-order valence-corrected chi connectivity index (χ4v) is 1.11. The monoisotopic (exact) mass is 233 g/mol. The van der Waals surface area contributed by atoms with Crippen molar-refractivity contribution in [3.8, 4) is 0 Å². The Morgan fingerprint density at radius 3 is 2.59 bits per heavy atom. The summed E-state index contributed by atoms with van der Waals surface area (Å²) in [7, 11) is 0. The fourth-order valence-electron chi connectivity index (χ4n) is 1.11. The van der Waals surface area contributed by atoms with Crippen molar-refractivity contribution in [2.75, 3.05) is 5.32 Å². The van der Waals surface area contributed by atoms with Gasteiger partial charge in [0.25, 0.3) is 5.91 Å². The van der Waals surface area contributed by atoms with Crippen molar-refractivity contribution in [1.82, 2.24) is 10.1 Å². The van der Waals surface area contributed by atoms with Crippen LogP contribution in [0, 0.1) is 0 Å². The van der Waals surface area contributed by atoms with Gasteiger partial charge in [-0.1, -0.05) is 5.16 Å². The number of carboxylic acid groups (broad SMARTS) is 1. The molecular formula is C10H7N3O4. The Morgan fingerprint density at radius 1 is 1.29 bits per heavy atom. The van der Waals surface area contributed by atoms with E-state index in [1.807, 2.05) is 0 Å². The molecule has 17 heavy (non-hydrogen) atoms. The summed E-state index contributed by atoms with van der Waals surface area (Å²) in [6.07, 6.45) is 3.03. The van der Waals surface area contributed by atoms with E-state index >= 15 is 0 Å². The van der Waals surface area contributed by atoms with E-state index in [1.54, 1.807) is 12.1 Å². The number of pyridine rings is 1. The number of hydrogen-bond acceptors (Lipinski definition) is 5. The highest BCUT2D eigenvalue weighted by atomic mass is 16.5. The third-order valence-corrected chi connectivity index (χ3v) is 1.89. The van der Waals surface area contributed by atoms with Crippen LogP contribution in [0.4, 0.5) is 5.69 Å². The normalized spacial score (nSPS) is 9.88. The van der Waals surface area contributed by atoms with Crippen molar-refractivity contribution in [3.05, 3.63) is 42.0 Å². The van der Waals surface area contributed by atoms with Crippen LogP contribution in [0.5, 0.6) is 0 Å². The van der Waals surface area contributed by atoms with Crippen LogP contribution in [-0.2, 0) is 0 Å². The second-order valence-electron chi connectivity index (χ2n) is 3.07. The quantitative estimate of drug-likeness (QED) is 0.819. The number of carbonyl (C=O) groups is 2. The van der Waals surface area contributed by atoms with Crippen LogP contribution in [0.1, 0.15) is 21.0 Å². The predicted molar refractivity (Wildman–Crippen MR) is 55.7 cm³/mol. The zero-order valence-electron chi connectivity index (χ0n) is 8.45. The number of aromatic nitrogens is 2. The number of hydrogen-bond donors (Lipinski definition) is 2. The van der Waals surface area contributed by atoms with Gasteiger partial charge in [0.15, 0.2) is 5.69 Å². The van der Waals surface area contributed by atoms with Crippen LogP contribution < -0.4 is 5.32 Å². The molecule has 0 radical (unpaired) electrons. The molecule has 2 aromatic rings. The summed E-state index contributed by atoms with van der Waals surface area (Å²) in [6.45, 7) is 0. The maximum atomic E-state index is 11.6. The smallest absolute Gasteiger partial charge is 0.374 e. The number of aromatic carboxylic acids is 1. The van der Waals surface area contributed by atoms with Crippen LogP contribution in [-0.4, -0.2) is 27.1 Å². The molecule has 0 aliphatic carbocycles. The Kier molecular flexibility index (Phi) is 2.82. The van der Waals surface area contributed by atoms with Crippen LogP contribution in [0.3, 0.4) is 0 Å². The maximum absolute atomic E-state index is 11.6. The molecule has 7 heteroatoms. The molecule has 0 bridgehead atoms. The molecule has 2 rings (SSSR count). The van der Waals surface area contributed by atoms with E-state index in [0.29, 0.717) is 5.69 Å². The summed E-state index contributed by atoms with van der Waals surface area (Å²) in [5.41, 5.74) is 0.434. The van der Waals surface area contributed by atoms with Crippen LogP contribution in [0.25, 0.3) is 0 Å². The second kappa shape index (κ2) is 4.44. The molecule has 2 heterocycles. The van der Waals surface area contributed by atoms with E-state index in [4.69, 9.17) is 5.11 Å². The summed E-state index contributed by atoms with van der Waals surface area (Å²) in [5.74, 6) is -2.21. The maximum Gasteiger partial charge on any atom is 0.374 e. The van der Waals surface area contributed by atoms with Gasteiger partial charge >= 0.3 is 5.97 Å². The van der Waals surface area contributed by atoms with Crippen LogP contribution >= 0.6 is 0 Å². The molecule has 0 spiro atoms. The third kappa shape index (κ3) is 2.46. The van der Waals surface area contributed by atoms with E-state index < -0.39 is 11.9 Å². The zero-order chi connectivity index (χ0) is 12.3. The third-order valence-electron chi connectivity index (χ3n) is 1.89.